The Labute approximate surface area is 119 Å². The molecule has 4 heteroatoms. The molecule has 1 unspecified atom stereocenters. The highest BCUT2D eigenvalue weighted by Gasteiger charge is 2.18. The molecule has 106 valence electrons. The average Bonchev–Trinajstić information content (AvgIpc) is 2.95. The fraction of sp³-hybridized carbons (Fsp3) is 0.438. The summed E-state index contributed by atoms with van der Waals surface area (Å²) in [6, 6.07) is 12.2. The average molecular weight is 271 g/mol. The molecule has 0 radical (unpaired) electrons. The molecule has 1 atom stereocenters. The molecule has 1 N–H and O–H groups in total. The normalized spacial score (nSPS) is 19.9. The Hall–Kier alpha value is -1.81. The molecule has 0 saturated carbocycles. The Kier molecular flexibility index (Phi) is 4.02. The molecule has 1 fully saturated rings. The van der Waals surface area contributed by atoms with Crippen LogP contribution in [0.4, 0.5) is 0 Å². The molecule has 0 aliphatic carbocycles. The molecular formula is C16H21N3O. The van der Waals surface area contributed by atoms with Gasteiger partial charge in [-0.05, 0) is 32.0 Å². The first-order valence-corrected chi connectivity index (χ1v) is 7.23. The minimum Gasteiger partial charge on any atom is -0.476 e. The van der Waals surface area contributed by atoms with Crippen molar-refractivity contribution < 1.29 is 4.74 Å². The zero-order chi connectivity index (χ0) is 13.8. The van der Waals surface area contributed by atoms with Gasteiger partial charge >= 0.3 is 0 Å². The van der Waals surface area contributed by atoms with Crippen molar-refractivity contribution in [3.8, 4) is 17.1 Å². The van der Waals surface area contributed by atoms with Crippen LogP contribution < -0.4 is 4.74 Å². The first-order chi connectivity index (χ1) is 9.81. The lowest BCUT2D eigenvalue weighted by molar-refractivity contribution is 0.147. The SMILES string of the molecule is CN1CCCC(COc2cc(-c3ccccc3)[nH]n2)C1. The monoisotopic (exact) mass is 271 g/mol. The quantitative estimate of drug-likeness (QED) is 0.929. The number of nitrogens with zero attached hydrogens (tertiary/aromatic N) is 2. The third-order valence-electron chi connectivity index (χ3n) is 3.83. The molecule has 4 nitrogen and oxygen atoms in total. The van der Waals surface area contributed by atoms with Gasteiger partial charge in [0.1, 0.15) is 0 Å². The molecule has 0 amide bonds. The van der Waals surface area contributed by atoms with E-state index in [-0.39, 0.29) is 0 Å². The van der Waals surface area contributed by atoms with E-state index in [0.29, 0.717) is 11.8 Å². The summed E-state index contributed by atoms with van der Waals surface area (Å²) >= 11 is 0. The van der Waals surface area contributed by atoms with Crippen LogP contribution in [0.15, 0.2) is 36.4 Å². The molecule has 2 heterocycles. The Morgan fingerprint density at radius 1 is 1.35 bits per heavy atom. The molecule has 1 aliphatic heterocycles. The molecule has 20 heavy (non-hydrogen) atoms. The van der Waals surface area contributed by atoms with Crippen LogP contribution in [0.3, 0.4) is 0 Å². The number of rotatable bonds is 4. The van der Waals surface area contributed by atoms with Crippen LogP contribution in [-0.4, -0.2) is 41.8 Å². The fourth-order valence-electron chi connectivity index (χ4n) is 2.76. The summed E-state index contributed by atoms with van der Waals surface area (Å²) < 4.78 is 5.83. The van der Waals surface area contributed by atoms with E-state index in [4.69, 9.17) is 4.74 Å². The van der Waals surface area contributed by atoms with Crippen LogP contribution in [-0.2, 0) is 0 Å². The number of benzene rings is 1. The van der Waals surface area contributed by atoms with Gasteiger partial charge in [0.2, 0.25) is 5.88 Å². The smallest absolute Gasteiger partial charge is 0.233 e. The summed E-state index contributed by atoms with van der Waals surface area (Å²) in [7, 11) is 2.17. The lowest BCUT2D eigenvalue weighted by Gasteiger charge is -2.29. The number of hydrogen-bond donors (Lipinski definition) is 1. The highest BCUT2D eigenvalue weighted by molar-refractivity contribution is 5.59. The van der Waals surface area contributed by atoms with Gasteiger partial charge in [0.25, 0.3) is 0 Å². The second-order valence-corrected chi connectivity index (χ2v) is 5.57. The molecular weight excluding hydrogens is 250 g/mol. The second kappa shape index (κ2) is 6.09. The standard InChI is InChI=1S/C16H21N3O/c1-19-9-5-6-13(11-19)12-20-16-10-15(17-18-16)14-7-3-2-4-8-14/h2-4,7-8,10,13H,5-6,9,11-12H2,1H3,(H,17,18). The van der Waals surface area contributed by atoms with E-state index in [0.717, 1.165) is 24.4 Å². The molecule has 0 bridgehead atoms. The van der Waals surface area contributed by atoms with Crippen molar-refractivity contribution in [1.82, 2.24) is 15.1 Å². The summed E-state index contributed by atoms with van der Waals surface area (Å²) in [5, 5.41) is 7.27. The lowest BCUT2D eigenvalue weighted by Crippen LogP contribution is -2.34. The predicted octanol–water partition coefficient (Wildman–Crippen LogP) is 2.80. The summed E-state index contributed by atoms with van der Waals surface area (Å²) in [5.41, 5.74) is 2.13. The topological polar surface area (TPSA) is 41.1 Å². The highest BCUT2D eigenvalue weighted by Crippen LogP contribution is 2.22. The van der Waals surface area contributed by atoms with Gasteiger partial charge in [0, 0.05) is 18.5 Å². The Bertz CT molecular complexity index is 538. The minimum absolute atomic E-state index is 0.616. The van der Waals surface area contributed by atoms with Crippen LogP contribution in [0.2, 0.25) is 0 Å². The maximum absolute atomic E-state index is 5.83. The van der Waals surface area contributed by atoms with E-state index in [2.05, 4.69) is 34.3 Å². The van der Waals surface area contributed by atoms with E-state index >= 15 is 0 Å². The van der Waals surface area contributed by atoms with Gasteiger partial charge in [0.15, 0.2) is 0 Å². The maximum Gasteiger partial charge on any atom is 0.233 e. The van der Waals surface area contributed by atoms with Gasteiger partial charge in [-0.3, -0.25) is 5.10 Å². The lowest BCUT2D eigenvalue weighted by atomic mass is 10.00. The molecule has 0 spiro atoms. The van der Waals surface area contributed by atoms with Gasteiger partial charge < -0.3 is 9.64 Å². The molecule has 1 saturated heterocycles. The highest BCUT2D eigenvalue weighted by atomic mass is 16.5. The molecule has 2 aromatic rings. The number of H-pyrrole nitrogens is 1. The molecule has 1 aromatic heterocycles. The molecule has 1 aromatic carbocycles. The van der Waals surface area contributed by atoms with E-state index in [1.807, 2.05) is 24.3 Å². The predicted molar refractivity (Wildman–Crippen MR) is 79.7 cm³/mol. The van der Waals surface area contributed by atoms with Crippen molar-refractivity contribution in [2.24, 2.45) is 5.92 Å². The van der Waals surface area contributed by atoms with Gasteiger partial charge in [-0.1, -0.05) is 30.3 Å². The van der Waals surface area contributed by atoms with Crippen LogP contribution in [0, 0.1) is 5.92 Å². The van der Waals surface area contributed by atoms with E-state index in [9.17, 15) is 0 Å². The Balaban J connectivity index is 1.58. The van der Waals surface area contributed by atoms with Crippen molar-refractivity contribution in [3.63, 3.8) is 0 Å². The zero-order valence-corrected chi connectivity index (χ0v) is 11.9. The third kappa shape index (κ3) is 3.20. The number of hydrogen-bond acceptors (Lipinski definition) is 3. The van der Waals surface area contributed by atoms with E-state index in [1.165, 1.54) is 19.4 Å². The summed E-state index contributed by atoms with van der Waals surface area (Å²) in [6.45, 7) is 3.08. The Morgan fingerprint density at radius 3 is 3.00 bits per heavy atom. The number of ether oxygens (including phenoxy) is 1. The van der Waals surface area contributed by atoms with E-state index < -0.39 is 0 Å². The first-order valence-electron chi connectivity index (χ1n) is 7.23. The molecule has 1 aliphatic rings. The number of likely N-dealkylation sites (tertiary alicyclic amines) is 1. The van der Waals surface area contributed by atoms with Crippen LogP contribution in [0.25, 0.3) is 11.3 Å². The van der Waals surface area contributed by atoms with Crippen LogP contribution >= 0.6 is 0 Å². The van der Waals surface area contributed by atoms with Crippen LogP contribution in [0.1, 0.15) is 12.8 Å². The largest absolute Gasteiger partial charge is 0.476 e. The molecule has 3 rings (SSSR count). The number of piperidine rings is 1. The summed E-state index contributed by atoms with van der Waals surface area (Å²) in [4.78, 5) is 2.37. The van der Waals surface area contributed by atoms with E-state index in [1.54, 1.807) is 0 Å². The number of aromatic amines is 1. The summed E-state index contributed by atoms with van der Waals surface area (Å²) in [5.74, 6) is 1.31. The zero-order valence-electron chi connectivity index (χ0n) is 11.9. The third-order valence-corrected chi connectivity index (χ3v) is 3.83. The van der Waals surface area contributed by atoms with Gasteiger partial charge in [0.05, 0.1) is 12.3 Å². The first kappa shape index (κ1) is 13.2. The number of nitrogens with one attached hydrogen (secondary N) is 1. The maximum atomic E-state index is 5.83. The van der Waals surface area contributed by atoms with Crippen molar-refractivity contribution in [3.05, 3.63) is 36.4 Å². The number of aromatic nitrogens is 2. The fourth-order valence-corrected chi connectivity index (χ4v) is 2.76. The van der Waals surface area contributed by atoms with Gasteiger partial charge in [-0.15, -0.1) is 5.10 Å². The summed E-state index contributed by atoms with van der Waals surface area (Å²) in [6.07, 6.45) is 2.51. The van der Waals surface area contributed by atoms with Crippen molar-refractivity contribution in [2.75, 3.05) is 26.7 Å². The van der Waals surface area contributed by atoms with Crippen molar-refractivity contribution in [2.45, 2.75) is 12.8 Å². The van der Waals surface area contributed by atoms with Crippen molar-refractivity contribution >= 4 is 0 Å². The van der Waals surface area contributed by atoms with Gasteiger partial charge in [-0.25, -0.2) is 0 Å². The van der Waals surface area contributed by atoms with Crippen LogP contribution in [0.5, 0.6) is 5.88 Å². The Morgan fingerprint density at radius 2 is 2.20 bits per heavy atom. The van der Waals surface area contributed by atoms with Gasteiger partial charge in [-0.2, -0.15) is 0 Å². The van der Waals surface area contributed by atoms with Crippen molar-refractivity contribution in [1.29, 1.82) is 0 Å². The minimum atomic E-state index is 0.616. The second-order valence-electron chi connectivity index (χ2n) is 5.57.